The first-order chi connectivity index (χ1) is 10.1. The maximum Gasteiger partial charge on any atom is 0.118 e. The molecule has 0 aliphatic rings. The van der Waals surface area contributed by atoms with Crippen molar-refractivity contribution in [2.24, 2.45) is 5.92 Å². The molecule has 0 unspecified atom stereocenters. The third kappa shape index (κ3) is 6.76. The molecule has 0 saturated carbocycles. The molecule has 1 rings (SSSR count). The van der Waals surface area contributed by atoms with Crippen molar-refractivity contribution in [2.75, 3.05) is 13.7 Å². The normalized spacial score (nSPS) is 15.2. The fourth-order valence-corrected chi connectivity index (χ4v) is 1.90. The minimum atomic E-state index is -0.557. The van der Waals surface area contributed by atoms with Crippen molar-refractivity contribution in [3.63, 3.8) is 0 Å². The van der Waals surface area contributed by atoms with E-state index in [4.69, 9.17) is 9.47 Å². The van der Waals surface area contributed by atoms with Gasteiger partial charge in [0.2, 0.25) is 0 Å². The van der Waals surface area contributed by atoms with Gasteiger partial charge in [-0.15, -0.1) is 6.58 Å². The number of rotatable bonds is 10. The maximum absolute atomic E-state index is 9.84. The highest BCUT2D eigenvalue weighted by atomic mass is 16.5. The van der Waals surface area contributed by atoms with Gasteiger partial charge in [0.25, 0.3) is 0 Å². The van der Waals surface area contributed by atoms with Crippen LogP contribution in [0, 0.1) is 5.92 Å². The molecule has 0 aromatic heterocycles. The quantitative estimate of drug-likeness (QED) is 0.514. The zero-order valence-electron chi connectivity index (χ0n) is 12.9. The van der Waals surface area contributed by atoms with E-state index >= 15 is 0 Å². The molecule has 0 heterocycles. The molecule has 3 atom stereocenters. The topological polar surface area (TPSA) is 58.9 Å². The number of ether oxygens (including phenoxy) is 2. The number of hydrogen-bond acceptors (Lipinski definition) is 4. The lowest BCUT2D eigenvalue weighted by Crippen LogP contribution is -2.23. The van der Waals surface area contributed by atoms with Crippen LogP contribution in [0.5, 0.6) is 5.75 Å². The number of aliphatic hydroxyl groups is 2. The second kappa shape index (κ2) is 9.55. The standard InChI is InChI=1S/C17H26O4/c1-4-13(2)17(19)11-15(18)9-10-21-12-14-5-7-16(20-3)8-6-14/h4-8,13,15,17-19H,1,9-12H2,2-3H3/t13-,15-,17+/m1/s1. The van der Waals surface area contributed by atoms with E-state index in [1.165, 1.54) is 0 Å². The molecule has 0 saturated heterocycles. The lowest BCUT2D eigenvalue weighted by molar-refractivity contribution is 0.0313. The van der Waals surface area contributed by atoms with Crippen LogP contribution in [0.25, 0.3) is 0 Å². The lowest BCUT2D eigenvalue weighted by atomic mass is 9.98. The van der Waals surface area contributed by atoms with Crippen LogP contribution in [0.3, 0.4) is 0 Å². The van der Waals surface area contributed by atoms with Gasteiger partial charge in [-0.2, -0.15) is 0 Å². The van der Waals surface area contributed by atoms with Gasteiger partial charge < -0.3 is 19.7 Å². The molecule has 0 amide bonds. The molecule has 4 heteroatoms. The Morgan fingerprint density at radius 3 is 2.48 bits per heavy atom. The molecule has 0 fully saturated rings. The molecule has 0 aliphatic carbocycles. The molecule has 21 heavy (non-hydrogen) atoms. The van der Waals surface area contributed by atoms with E-state index in [1.54, 1.807) is 13.2 Å². The van der Waals surface area contributed by atoms with E-state index in [9.17, 15) is 10.2 Å². The summed E-state index contributed by atoms with van der Waals surface area (Å²) in [6.07, 6.45) is 1.44. The summed E-state index contributed by atoms with van der Waals surface area (Å²) in [5.41, 5.74) is 1.06. The highest BCUT2D eigenvalue weighted by Gasteiger charge is 2.15. The highest BCUT2D eigenvalue weighted by molar-refractivity contribution is 5.26. The number of benzene rings is 1. The summed E-state index contributed by atoms with van der Waals surface area (Å²) in [6, 6.07) is 7.68. The predicted molar refractivity (Wildman–Crippen MR) is 83.3 cm³/mol. The van der Waals surface area contributed by atoms with Crippen LogP contribution >= 0.6 is 0 Å². The zero-order valence-corrected chi connectivity index (χ0v) is 12.9. The molecule has 0 aliphatic heterocycles. The van der Waals surface area contributed by atoms with Crippen molar-refractivity contribution in [1.82, 2.24) is 0 Å². The van der Waals surface area contributed by atoms with Gasteiger partial charge in [0.1, 0.15) is 5.75 Å². The fraction of sp³-hybridized carbons (Fsp3) is 0.529. The molecule has 0 radical (unpaired) electrons. The summed E-state index contributed by atoms with van der Waals surface area (Å²) in [7, 11) is 1.63. The van der Waals surface area contributed by atoms with Gasteiger partial charge >= 0.3 is 0 Å². The smallest absolute Gasteiger partial charge is 0.118 e. The largest absolute Gasteiger partial charge is 0.497 e. The van der Waals surface area contributed by atoms with Crippen LogP contribution in [-0.2, 0) is 11.3 Å². The van der Waals surface area contributed by atoms with E-state index in [0.29, 0.717) is 26.1 Å². The molecule has 1 aromatic rings. The summed E-state index contributed by atoms with van der Waals surface area (Å²) in [5.74, 6) is 0.805. The van der Waals surface area contributed by atoms with E-state index in [0.717, 1.165) is 11.3 Å². The Labute approximate surface area is 127 Å². The maximum atomic E-state index is 9.84. The van der Waals surface area contributed by atoms with Crippen molar-refractivity contribution in [2.45, 2.75) is 38.6 Å². The van der Waals surface area contributed by atoms with E-state index in [-0.39, 0.29) is 5.92 Å². The first-order valence-electron chi connectivity index (χ1n) is 7.26. The van der Waals surface area contributed by atoms with Crippen LogP contribution < -0.4 is 4.74 Å². The molecular weight excluding hydrogens is 268 g/mol. The van der Waals surface area contributed by atoms with Gasteiger partial charge in [0.05, 0.1) is 25.9 Å². The monoisotopic (exact) mass is 294 g/mol. The molecule has 118 valence electrons. The molecule has 4 nitrogen and oxygen atoms in total. The highest BCUT2D eigenvalue weighted by Crippen LogP contribution is 2.14. The minimum Gasteiger partial charge on any atom is -0.497 e. The van der Waals surface area contributed by atoms with Crippen LogP contribution in [-0.4, -0.2) is 36.1 Å². The van der Waals surface area contributed by atoms with Crippen molar-refractivity contribution in [1.29, 1.82) is 0 Å². The van der Waals surface area contributed by atoms with Crippen LogP contribution in [0.2, 0.25) is 0 Å². The van der Waals surface area contributed by atoms with Gasteiger partial charge in [-0.1, -0.05) is 25.1 Å². The third-order valence-corrected chi connectivity index (χ3v) is 3.52. The van der Waals surface area contributed by atoms with Gasteiger partial charge in [-0.3, -0.25) is 0 Å². The summed E-state index contributed by atoms with van der Waals surface area (Å²) in [4.78, 5) is 0. The number of methoxy groups -OCH3 is 1. The van der Waals surface area contributed by atoms with E-state index < -0.39 is 12.2 Å². The number of aliphatic hydroxyl groups excluding tert-OH is 2. The van der Waals surface area contributed by atoms with E-state index in [2.05, 4.69) is 6.58 Å². The molecule has 2 N–H and O–H groups in total. The summed E-state index contributed by atoms with van der Waals surface area (Å²) in [6.45, 7) is 6.48. The van der Waals surface area contributed by atoms with Crippen LogP contribution in [0.15, 0.2) is 36.9 Å². The molecule has 1 aromatic carbocycles. The Morgan fingerprint density at radius 1 is 1.24 bits per heavy atom. The van der Waals surface area contributed by atoms with Crippen molar-refractivity contribution in [3.05, 3.63) is 42.5 Å². The zero-order chi connectivity index (χ0) is 15.7. The van der Waals surface area contributed by atoms with Crippen LogP contribution in [0.1, 0.15) is 25.3 Å². The predicted octanol–water partition coefficient (Wildman–Crippen LogP) is 2.54. The van der Waals surface area contributed by atoms with Gasteiger partial charge in [-0.25, -0.2) is 0 Å². The van der Waals surface area contributed by atoms with Crippen molar-refractivity contribution < 1.29 is 19.7 Å². The third-order valence-electron chi connectivity index (χ3n) is 3.52. The second-order valence-corrected chi connectivity index (χ2v) is 5.24. The van der Waals surface area contributed by atoms with Crippen molar-refractivity contribution >= 4 is 0 Å². The SMILES string of the molecule is C=C[C@@H](C)[C@@H](O)C[C@H](O)CCOCc1ccc(OC)cc1. The van der Waals surface area contributed by atoms with Crippen molar-refractivity contribution in [3.8, 4) is 5.75 Å². The Kier molecular flexibility index (Phi) is 8.05. The number of hydrogen-bond donors (Lipinski definition) is 2. The summed E-state index contributed by atoms with van der Waals surface area (Å²) in [5, 5.41) is 19.6. The Morgan fingerprint density at radius 2 is 1.90 bits per heavy atom. The van der Waals surface area contributed by atoms with Gasteiger partial charge in [0, 0.05) is 6.61 Å². The first kappa shape index (κ1) is 17.7. The Bertz CT molecular complexity index is 402. The van der Waals surface area contributed by atoms with Crippen LogP contribution in [0.4, 0.5) is 0 Å². The van der Waals surface area contributed by atoms with Gasteiger partial charge in [-0.05, 0) is 36.5 Å². The first-order valence-corrected chi connectivity index (χ1v) is 7.26. The average Bonchev–Trinajstić information content (AvgIpc) is 2.51. The lowest BCUT2D eigenvalue weighted by Gasteiger charge is -2.19. The Balaban J connectivity index is 2.19. The molecule has 0 bridgehead atoms. The van der Waals surface area contributed by atoms with Gasteiger partial charge in [0.15, 0.2) is 0 Å². The molecule has 0 spiro atoms. The fourth-order valence-electron chi connectivity index (χ4n) is 1.90. The summed E-state index contributed by atoms with van der Waals surface area (Å²) < 4.78 is 10.6. The van der Waals surface area contributed by atoms with E-state index in [1.807, 2.05) is 31.2 Å². The second-order valence-electron chi connectivity index (χ2n) is 5.24. The Hall–Kier alpha value is -1.36. The molecular formula is C17H26O4. The average molecular weight is 294 g/mol. The summed E-state index contributed by atoms with van der Waals surface area (Å²) >= 11 is 0. The minimum absolute atomic E-state index is 0.0140.